The summed E-state index contributed by atoms with van der Waals surface area (Å²) in [5.74, 6) is 0. The van der Waals surface area contributed by atoms with E-state index >= 15 is 0 Å². The minimum Gasteiger partial charge on any atom is -0.312 e. The lowest BCUT2D eigenvalue weighted by atomic mass is 10.1. The Morgan fingerprint density at radius 1 is 1.69 bits per heavy atom. The van der Waals surface area contributed by atoms with E-state index in [2.05, 4.69) is 18.0 Å². The maximum absolute atomic E-state index is 5.87. The van der Waals surface area contributed by atoms with Gasteiger partial charge in [0.25, 0.3) is 0 Å². The standard InChI is InChI=1S/C10H14ClNS/c1-7(2)6-8(12-3)9-4-5-10(11)13-9/h4-5,8,12H,1,6H2,2-3H3. The van der Waals surface area contributed by atoms with Crippen molar-refractivity contribution in [3.05, 3.63) is 33.5 Å². The number of rotatable bonds is 4. The molecular formula is C10H14ClNS. The molecule has 0 amide bonds. The number of thiophene rings is 1. The number of hydrogen-bond acceptors (Lipinski definition) is 2. The van der Waals surface area contributed by atoms with Gasteiger partial charge in [0, 0.05) is 10.9 Å². The molecule has 0 aliphatic rings. The third-order valence-electron chi connectivity index (χ3n) is 1.84. The summed E-state index contributed by atoms with van der Waals surface area (Å²) in [5.41, 5.74) is 1.18. The summed E-state index contributed by atoms with van der Waals surface area (Å²) in [5, 5.41) is 3.25. The first-order chi connectivity index (χ1) is 6.13. The van der Waals surface area contributed by atoms with E-state index in [4.69, 9.17) is 11.6 Å². The van der Waals surface area contributed by atoms with Gasteiger partial charge in [-0.3, -0.25) is 0 Å². The molecule has 0 spiro atoms. The van der Waals surface area contributed by atoms with Crippen LogP contribution in [0.4, 0.5) is 0 Å². The predicted molar refractivity (Wildman–Crippen MR) is 60.6 cm³/mol. The molecule has 0 saturated carbocycles. The SMILES string of the molecule is C=C(C)CC(NC)c1ccc(Cl)s1. The maximum atomic E-state index is 5.87. The van der Waals surface area contributed by atoms with Crippen LogP contribution in [0.3, 0.4) is 0 Å². The largest absolute Gasteiger partial charge is 0.312 e. The van der Waals surface area contributed by atoms with E-state index in [9.17, 15) is 0 Å². The average Bonchev–Trinajstić information content (AvgIpc) is 2.47. The van der Waals surface area contributed by atoms with Crippen LogP contribution in [0, 0.1) is 0 Å². The van der Waals surface area contributed by atoms with Crippen LogP contribution in [0.1, 0.15) is 24.3 Å². The topological polar surface area (TPSA) is 12.0 Å². The molecule has 0 saturated heterocycles. The molecule has 1 aromatic heterocycles. The highest BCUT2D eigenvalue weighted by Crippen LogP contribution is 2.29. The van der Waals surface area contributed by atoms with Crippen LogP contribution in [0.5, 0.6) is 0 Å². The van der Waals surface area contributed by atoms with Crippen LogP contribution in [0.2, 0.25) is 4.34 Å². The molecule has 1 unspecified atom stereocenters. The Kier molecular flexibility index (Phi) is 3.97. The maximum Gasteiger partial charge on any atom is 0.0931 e. The first-order valence-electron chi connectivity index (χ1n) is 4.20. The van der Waals surface area contributed by atoms with Crippen LogP contribution in [0.15, 0.2) is 24.3 Å². The molecule has 72 valence electrons. The van der Waals surface area contributed by atoms with Crippen molar-refractivity contribution in [2.75, 3.05) is 7.05 Å². The normalized spacial score (nSPS) is 12.8. The molecule has 1 aromatic rings. The molecule has 1 rings (SSSR count). The van der Waals surface area contributed by atoms with Gasteiger partial charge in [0.05, 0.1) is 4.34 Å². The zero-order chi connectivity index (χ0) is 9.84. The van der Waals surface area contributed by atoms with Crippen molar-refractivity contribution in [2.24, 2.45) is 0 Å². The fourth-order valence-electron chi connectivity index (χ4n) is 1.21. The van der Waals surface area contributed by atoms with Gasteiger partial charge in [-0.15, -0.1) is 17.9 Å². The summed E-state index contributed by atoms with van der Waals surface area (Å²) in [6.07, 6.45) is 0.966. The highest BCUT2D eigenvalue weighted by molar-refractivity contribution is 7.16. The Bertz CT molecular complexity index is 293. The van der Waals surface area contributed by atoms with E-state index in [0.717, 1.165) is 10.8 Å². The second-order valence-electron chi connectivity index (χ2n) is 3.14. The fourth-order valence-corrected chi connectivity index (χ4v) is 2.38. The van der Waals surface area contributed by atoms with Gasteiger partial charge in [0.2, 0.25) is 0 Å². The van der Waals surface area contributed by atoms with Crippen LogP contribution >= 0.6 is 22.9 Å². The Hall–Kier alpha value is -0.310. The molecule has 0 aliphatic heterocycles. The van der Waals surface area contributed by atoms with E-state index in [1.807, 2.05) is 20.0 Å². The van der Waals surface area contributed by atoms with Crippen LogP contribution in [-0.4, -0.2) is 7.05 Å². The fraction of sp³-hybridized carbons (Fsp3) is 0.400. The van der Waals surface area contributed by atoms with Crippen molar-refractivity contribution < 1.29 is 0 Å². The van der Waals surface area contributed by atoms with Crippen molar-refractivity contribution in [1.82, 2.24) is 5.32 Å². The Labute approximate surface area is 88.4 Å². The summed E-state index contributed by atoms with van der Waals surface area (Å²) in [4.78, 5) is 1.27. The van der Waals surface area contributed by atoms with Gasteiger partial charge in [0.1, 0.15) is 0 Å². The minimum absolute atomic E-state index is 0.356. The molecule has 0 fully saturated rings. The highest BCUT2D eigenvalue weighted by atomic mass is 35.5. The van der Waals surface area contributed by atoms with E-state index in [1.54, 1.807) is 11.3 Å². The van der Waals surface area contributed by atoms with Gasteiger partial charge in [-0.25, -0.2) is 0 Å². The van der Waals surface area contributed by atoms with Gasteiger partial charge in [0.15, 0.2) is 0 Å². The molecule has 1 nitrogen and oxygen atoms in total. The number of nitrogens with one attached hydrogen (secondary N) is 1. The molecule has 1 N–H and O–H groups in total. The van der Waals surface area contributed by atoms with Crippen molar-refractivity contribution >= 4 is 22.9 Å². The summed E-state index contributed by atoms with van der Waals surface area (Å²) >= 11 is 7.49. The van der Waals surface area contributed by atoms with E-state index in [0.29, 0.717) is 6.04 Å². The molecule has 0 bridgehead atoms. The summed E-state index contributed by atoms with van der Waals surface area (Å²) in [7, 11) is 1.96. The molecule has 13 heavy (non-hydrogen) atoms. The zero-order valence-corrected chi connectivity index (χ0v) is 9.50. The van der Waals surface area contributed by atoms with Crippen LogP contribution in [0.25, 0.3) is 0 Å². The molecule has 3 heteroatoms. The van der Waals surface area contributed by atoms with Crippen molar-refractivity contribution in [2.45, 2.75) is 19.4 Å². The molecule has 0 radical (unpaired) electrons. The van der Waals surface area contributed by atoms with Crippen LogP contribution in [-0.2, 0) is 0 Å². The molecule has 1 heterocycles. The van der Waals surface area contributed by atoms with Gasteiger partial charge >= 0.3 is 0 Å². The van der Waals surface area contributed by atoms with Gasteiger partial charge in [-0.1, -0.05) is 17.2 Å². The monoisotopic (exact) mass is 215 g/mol. The lowest BCUT2D eigenvalue weighted by Gasteiger charge is -2.13. The molecular weight excluding hydrogens is 202 g/mol. The average molecular weight is 216 g/mol. The summed E-state index contributed by atoms with van der Waals surface area (Å²) in [6.45, 7) is 5.95. The van der Waals surface area contributed by atoms with E-state index in [1.165, 1.54) is 10.5 Å². The molecule has 0 aliphatic carbocycles. The quantitative estimate of drug-likeness (QED) is 0.757. The zero-order valence-electron chi connectivity index (χ0n) is 7.93. The molecule has 1 atom stereocenters. The van der Waals surface area contributed by atoms with Crippen molar-refractivity contribution in [3.8, 4) is 0 Å². The Morgan fingerprint density at radius 3 is 2.77 bits per heavy atom. The van der Waals surface area contributed by atoms with E-state index < -0.39 is 0 Å². The first-order valence-corrected chi connectivity index (χ1v) is 5.40. The minimum atomic E-state index is 0.356. The second kappa shape index (κ2) is 4.80. The first kappa shape index (κ1) is 10.8. The number of halogens is 1. The third kappa shape index (κ3) is 3.14. The third-order valence-corrected chi connectivity index (χ3v) is 3.18. The lowest BCUT2D eigenvalue weighted by Crippen LogP contribution is -2.15. The summed E-state index contributed by atoms with van der Waals surface area (Å²) in [6, 6.07) is 4.36. The van der Waals surface area contributed by atoms with Crippen molar-refractivity contribution in [1.29, 1.82) is 0 Å². The van der Waals surface area contributed by atoms with Crippen LogP contribution < -0.4 is 5.32 Å². The predicted octanol–water partition coefficient (Wildman–Crippen LogP) is 3.63. The number of hydrogen-bond donors (Lipinski definition) is 1. The van der Waals surface area contributed by atoms with Crippen molar-refractivity contribution in [3.63, 3.8) is 0 Å². The van der Waals surface area contributed by atoms with Gasteiger partial charge in [-0.05, 0) is 32.5 Å². The lowest BCUT2D eigenvalue weighted by molar-refractivity contribution is 0.600. The Balaban J connectivity index is 2.72. The highest BCUT2D eigenvalue weighted by Gasteiger charge is 2.10. The second-order valence-corrected chi connectivity index (χ2v) is 4.89. The molecule has 0 aromatic carbocycles. The Morgan fingerprint density at radius 2 is 2.38 bits per heavy atom. The van der Waals surface area contributed by atoms with E-state index in [-0.39, 0.29) is 0 Å². The smallest absolute Gasteiger partial charge is 0.0931 e. The van der Waals surface area contributed by atoms with Gasteiger partial charge < -0.3 is 5.32 Å². The summed E-state index contributed by atoms with van der Waals surface area (Å²) < 4.78 is 0.844. The van der Waals surface area contributed by atoms with Gasteiger partial charge in [-0.2, -0.15) is 0 Å².